The first-order chi connectivity index (χ1) is 9.61. The van der Waals surface area contributed by atoms with E-state index in [0.717, 1.165) is 41.9 Å². The lowest BCUT2D eigenvalue weighted by molar-refractivity contribution is -0.0734. The van der Waals surface area contributed by atoms with Gasteiger partial charge < -0.3 is 4.74 Å². The number of carbonyl (C=O) groups excluding carboxylic acids is 1. The summed E-state index contributed by atoms with van der Waals surface area (Å²) in [5.74, 6) is 2.51. The molecule has 2 nitrogen and oxygen atoms in total. The lowest BCUT2D eigenvalue weighted by atomic mass is 9.80. The molecule has 108 valence electrons. The van der Waals surface area contributed by atoms with E-state index in [1.807, 2.05) is 36.9 Å². The first-order valence-corrected chi connectivity index (χ1v) is 8.66. The third-order valence-corrected chi connectivity index (χ3v) is 6.10. The van der Waals surface area contributed by atoms with E-state index < -0.39 is 0 Å². The summed E-state index contributed by atoms with van der Waals surface area (Å²) in [6.07, 6.45) is 2.78. The van der Waals surface area contributed by atoms with Crippen LogP contribution in [-0.4, -0.2) is 29.5 Å². The maximum absolute atomic E-state index is 12.8. The number of ether oxygens (including phenoxy) is 1. The second kappa shape index (κ2) is 5.70. The Morgan fingerprint density at radius 1 is 1.50 bits per heavy atom. The summed E-state index contributed by atoms with van der Waals surface area (Å²) in [6, 6.07) is 5.60. The number of hydrogen-bond donors (Lipinski definition) is 0. The lowest BCUT2D eigenvalue weighted by Crippen LogP contribution is -2.42. The molecule has 0 saturated carbocycles. The van der Waals surface area contributed by atoms with E-state index in [0.29, 0.717) is 11.6 Å². The molecule has 1 aromatic carbocycles. The number of halogens is 1. The fraction of sp³-hybridized carbons (Fsp3) is 0.562. The first kappa shape index (κ1) is 14.4. The highest BCUT2D eigenvalue weighted by molar-refractivity contribution is 7.99. The average Bonchev–Trinajstić information content (AvgIpc) is 2.89. The molecule has 2 saturated heterocycles. The molecular weight excluding hydrogens is 292 g/mol. The van der Waals surface area contributed by atoms with Crippen molar-refractivity contribution in [1.29, 1.82) is 0 Å². The molecule has 3 rings (SSSR count). The molecule has 2 atom stereocenters. The molecule has 1 aromatic rings. The van der Waals surface area contributed by atoms with E-state index in [1.54, 1.807) is 0 Å². The molecule has 2 heterocycles. The lowest BCUT2D eigenvalue weighted by Gasteiger charge is -2.37. The van der Waals surface area contributed by atoms with Crippen LogP contribution in [-0.2, 0) is 4.74 Å². The van der Waals surface area contributed by atoms with Crippen molar-refractivity contribution in [2.45, 2.75) is 31.8 Å². The van der Waals surface area contributed by atoms with Gasteiger partial charge in [0.1, 0.15) is 0 Å². The Kier molecular flexibility index (Phi) is 4.11. The molecule has 0 amide bonds. The minimum atomic E-state index is -0.0459. The van der Waals surface area contributed by atoms with Crippen LogP contribution in [0.5, 0.6) is 0 Å². The van der Waals surface area contributed by atoms with Crippen molar-refractivity contribution < 1.29 is 9.53 Å². The Balaban J connectivity index is 1.81. The molecule has 0 N–H and O–H groups in total. The summed E-state index contributed by atoms with van der Waals surface area (Å²) < 4.78 is 6.00. The highest BCUT2D eigenvalue weighted by atomic mass is 35.5. The van der Waals surface area contributed by atoms with Gasteiger partial charge in [0.2, 0.25) is 0 Å². The van der Waals surface area contributed by atoms with Gasteiger partial charge in [0.15, 0.2) is 5.78 Å². The molecular formula is C16H19ClO2S. The molecule has 2 unspecified atom stereocenters. The van der Waals surface area contributed by atoms with Crippen LogP contribution in [0.2, 0.25) is 5.02 Å². The number of thioether (sulfide) groups is 1. The zero-order valence-corrected chi connectivity index (χ0v) is 13.2. The summed E-state index contributed by atoms with van der Waals surface area (Å²) in [5, 5.41) is 0.675. The van der Waals surface area contributed by atoms with Crippen LogP contribution in [0.1, 0.15) is 35.2 Å². The van der Waals surface area contributed by atoms with E-state index in [1.165, 1.54) is 0 Å². The van der Waals surface area contributed by atoms with E-state index >= 15 is 0 Å². The van der Waals surface area contributed by atoms with Crippen molar-refractivity contribution in [1.82, 2.24) is 0 Å². The summed E-state index contributed by atoms with van der Waals surface area (Å²) in [7, 11) is 0. The van der Waals surface area contributed by atoms with E-state index in [4.69, 9.17) is 16.3 Å². The highest BCUT2D eigenvalue weighted by Gasteiger charge is 2.42. The summed E-state index contributed by atoms with van der Waals surface area (Å²) in [6.45, 7) is 2.63. The van der Waals surface area contributed by atoms with E-state index in [-0.39, 0.29) is 17.3 Å². The minimum Gasteiger partial charge on any atom is -0.374 e. The molecule has 2 fully saturated rings. The quantitative estimate of drug-likeness (QED) is 0.768. The predicted molar refractivity (Wildman–Crippen MR) is 83.9 cm³/mol. The summed E-state index contributed by atoms with van der Waals surface area (Å²) in [5.41, 5.74) is 1.64. The van der Waals surface area contributed by atoms with Crippen molar-refractivity contribution in [3.63, 3.8) is 0 Å². The molecule has 2 aliphatic rings. The predicted octanol–water partition coefficient (Wildman–Crippen LogP) is 4.13. The van der Waals surface area contributed by atoms with Crippen LogP contribution in [0.25, 0.3) is 0 Å². The van der Waals surface area contributed by atoms with Crippen LogP contribution in [0.3, 0.4) is 0 Å². The molecule has 4 heteroatoms. The summed E-state index contributed by atoms with van der Waals surface area (Å²) >= 11 is 8.07. The van der Waals surface area contributed by atoms with Crippen LogP contribution >= 0.6 is 23.4 Å². The number of carbonyl (C=O) groups is 1. The van der Waals surface area contributed by atoms with Gasteiger partial charge in [-0.05, 0) is 43.6 Å². The van der Waals surface area contributed by atoms with Gasteiger partial charge in [0.25, 0.3) is 0 Å². The Hall–Kier alpha value is -0.510. The van der Waals surface area contributed by atoms with Crippen LogP contribution < -0.4 is 0 Å². The Bertz CT molecular complexity index is 523. The first-order valence-electron chi connectivity index (χ1n) is 7.12. The molecule has 20 heavy (non-hydrogen) atoms. The molecule has 2 aliphatic heterocycles. The highest BCUT2D eigenvalue weighted by Crippen LogP contribution is 2.41. The second-order valence-electron chi connectivity index (χ2n) is 5.80. The van der Waals surface area contributed by atoms with Gasteiger partial charge in [-0.3, -0.25) is 4.79 Å². The van der Waals surface area contributed by atoms with Crippen molar-refractivity contribution in [2.75, 3.05) is 18.1 Å². The van der Waals surface area contributed by atoms with E-state index in [2.05, 4.69) is 0 Å². The molecule has 0 radical (unpaired) electrons. The molecule has 0 aromatic heterocycles. The Morgan fingerprint density at radius 3 is 3.10 bits per heavy atom. The normalized spacial score (nSPS) is 29.8. The number of rotatable bonds is 2. The van der Waals surface area contributed by atoms with Crippen LogP contribution in [0.15, 0.2) is 18.2 Å². The molecule has 0 bridgehead atoms. The topological polar surface area (TPSA) is 26.3 Å². The zero-order chi connectivity index (χ0) is 14.2. The van der Waals surface area contributed by atoms with Gasteiger partial charge in [0.05, 0.1) is 5.60 Å². The smallest absolute Gasteiger partial charge is 0.166 e. The fourth-order valence-corrected chi connectivity index (χ4v) is 4.76. The van der Waals surface area contributed by atoms with Gasteiger partial charge in [-0.25, -0.2) is 0 Å². The zero-order valence-electron chi connectivity index (χ0n) is 11.7. The second-order valence-corrected chi connectivity index (χ2v) is 7.31. The fourth-order valence-electron chi connectivity index (χ4n) is 3.21. The SMILES string of the molecule is Cc1c(Cl)cccc1C(=O)C1CCOC2(CCSC2)C1. The van der Waals surface area contributed by atoms with Crippen LogP contribution in [0.4, 0.5) is 0 Å². The third-order valence-electron chi connectivity index (χ3n) is 4.46. The molecule has 0 aliphatic carbocycles. The van der Waals surface area contributed by atoms with Crippen LogP contribution in [0, 0.1) is 12.8 Å². The van der Waals surface area contributed by atoms with Crippen molar-refractivity contribution in [2.24, 2.45) is 5.92 Å². The van der Waals surface area contributed by atoms with Crippen molar-refractivity contribution >= 4 is 29.1 Å². The van der Waals surface area contributed by atoms with Gasteiger partial charge in [-0.1, -0.05) is 23.7 Å². The van der Waals surface area contributed by atoms with Gasteiger partial charge >= 0.3 is 0 Å². The number of hydrogen-bond acceptors (Lipinski definition) is 3. The minimum absolute atomic E-state index is 0.0459. The standard InChI is InChI=1S/C16H19ClO2S/c1-11-13(3-2-4-14(11)17)15(18)12-5-7-19-16(9-12)6-8-20-10-16/h2-4,12H,5-10H2,1H3. The van der Waals surface area contributed by atoms with Gasteiger partial charge in [-0.15, -0.1) is 0 Å². The van der Waals surface area contributed by atoms with Crippen molar-refractivity contribution in [3.05, 3.63) is 34.3 Å². The molecule has 1 spiro atoms. The monoisotopic (exact) mass is 310 g/mol. The van der Waals surface area contributed by atoms with E-state index in [9.17, 15) is 4.79 Å². The maximum atomic E-state index is 12.8. The average molecular weight is 311 g/mol. The Labute approximate surface area is 129 Å². The number of ketones is 1. The third kappa shape index (κ3) is 2.63. The largest absolute Gasteiger partial charge is 0.374 e. The number of benzene rings is 1. The number of Topliss-reactive ketones (excluding diaryl/α,β-unsaturated/α-hetero) is 1. The van der Waals surface area contributed by atoms with Gasteiger partial charge in [0, 0.05) is 28.9 Å². The van der Waals surface area contributed by atoms with Crippen molar-refractivity contribution in [3.8, 4) is 0 Å². The maximum Gasteiger partial charge on any atom is 0.166 e. The summed E-state index contributed by atoms with van der Waals surface area (Å²) in [4.78, 5) is 12.8. The van der Waals surface area contributed by atoms with Gasteiger partial charge in [-0.2, -0.15) is 11.8 Å². The Morgan fingerprint density at radius 2 is 2.35 bits per heavy atom.